The molecule has 0 aromatic carbocycles. The molecule has 0 radical (unpaired) electrons. The Balaban J connectivity index is 2.64. The lowest BCUT2D eigenvalue weighted by atomic mass is 10.2. The van der Waals surface area contributed by atoms with Gasteiger partial charge in [0.05, 0.1) is 10.5 Å². The Labute approximate surface area is 102 Å². The summed E-state index contributed by atoms with van der Waals surface area (Å²) in [6.07, 6.45) is -2.60. The van der Waals surface area contributed by atoms with Crippen LogP contribution in [0, 0.1) is 10.1 Å². The molecule has 0 amide bonds. The number of thiazole rings is 1. The van der Waals surface area contributed by atoms with E-state index in [4.69, 9.17) is 0 Å². The van der Waals surface area contributed by atoms with Gasteiger partial charge in [0.2, 0.25) is 0 Å². The summed E-state index contributed by atoms with van der Waals surface area (Å²) in [7, 11) is 0. The lowest BCUT2D eigenvalue weighted by molar-refractivity contribution is -0.385. The number of hydrogen-bond acceptors (Lipinski definition) is 5. The first-order valence-electron chi connectivity index (χ1n) is 4.51. The van der Waals surface area contributed by atoms with E-state index in [0.29, 0.717) is 6.07 Å². The molecule has 18 heavy (non-hydrogen) atoms. The summed E-state index contributed by atoms with van der Waals surface area (Å²) in [5.41, 5.74) is -2.27. The summed E-state index contributed by atoms with van der Waals surface area (Å²) in [4.78, 5) is 16.8. The molecule has 5 nitrogen and oxygen atoms in total. The average molecular weight is 275 g/mol. The zero-order valence-electron chi connectivity index (χ0n) is 8.51. The van der Waals surface area contributed by atoms with Crippen molar-refractivity contribution in [2.75, 3.05) is 0 Å². The molecule has 0 N–H and O–H groups in total. The summed E-state index contributed by atoms with van der Waals surface area (Å²) in [5.74, 6) is 0. The second-order valence-electron chi connectivity index (χ2n) is 3.18. The Morgan fingerprint density at radius 1 is 1.33 bits per heavy atom. The standard InChI is InChI=1S/C9H4F3N3O2S/c10-9(11,12)6-3-5(15(16)17)4-14-7(6)8-13-1-2-18-8/h1-4H. The highest BCUT2D eigenvalue weighted by Crippen LogP contribution is 2.38. The van der Waals surface area contributed by atoms with Crippen LogP contribution in [0.2, 0.25) is 0 Å². The summed E-state index contributed by atoms with van der Waals surface area (Å²) in [6, 6.07) is 0.462. The van der Waals surface area contributed by atoms with Crippen molar-refractivity contribution in [1.29, 1.82) is 0 Å². The zero-order chi connectivity index (χ0) is 13.3. The molecule has 0 bridgehead atoms. The molecule has 0 atom stereocenters. The maximum Gasteiger partial charge on any atom is 0.418 e. The van der Waals surface area contributed by atoms with Crippen LogP contribution in [0.25, 0.3) is 10.7 Å². The third-order valence-electron chi connectivity index (χ3n) is 2.02. The molecular weight excluding hydrogens is 271 g/mol. The SMILES string of the molecule is O=[N+]([O-])c1cnc(-c2nccs2)c(C(F)(F)F)c1. The van der Waals surface area contributed by atoms with Gasteiger partial charge in [-0.15, -0.1) is 11.3 Å². The molecule has 2 heterocycles. The van der Waals surface area contributed by atoms with E-state index < -0.39 is 28.0 Å². The van der Waals surface area contributed by atoms with Crippen LogP contribution in [0.1, 0.15) is 5.56 Å². The number of aromatic nitrogens is 2. The largest absolute Gasteiger partial charge is 0.418 e. The number of halogens is 3. The lowest BCUT2D eigenvalue weighted by Gasteiger charge is -2.09. The summed E-state index contributed by atoms with van der Waals surface area (Å²) < 4.78 is 38.4. The fourth-order valence-electron chi connectivity index (χ4n) is 1.28. The highest BCUT2D eigenvalue weighted by Gasteiger charge is 2.37. The normalized spacial score (nSPS) is 11.5. The quantitative estimate of drug-likeness (QED) is 0.623. The number of pyridine rings is 1. The summed E-state index contributed by atoms with van der Waals surface area (Å²) in [5, 5.41) is 12.0. The predicted octanol–water partition coefficient (Wildman–Crippen LogP) is 3.13. The smallest absolute Gasteiger partial charge is 0.258 e. The van der Waals surface area contributed by atoms with Crippen molar-refractivity contribution >= 4 is 17.0 Å². The van der Waals surface area contributed by atoms with Gasteiger partial charge in [0.15, 0.2) is 0 Å². The average Bonchev–Trinajstić information content (AvgIpc) is 2.80. The first kappa shape index (κ1) is 12.4. The number of rotatable bonds is 2. The van der Waals surface area contributed by atoms with E-state index in [1.807, 2.05) is 0 Å². The Morgan fingerprint density at radius 3 is 2.56 bits per heavy atom. The zero-order valence-corrected chi connectivity index (χ0v) is 9.33. The van der Waals surface area contributed by atoms with Crippen LogP contribution in [0.3, 0.4) is 0 Å². The molecule has 9 heteroatoms. The number of nitro groups is 1. The van der Waals surface area contributed by atoms with E-state index in [9.17, 15) is 23.3 Å². The van der Waals surface area contributed by atoms with Crippen LogP contribution >= 0.6 is 11.3 Å². The highest BCUT2D eigenvalue weighted by molar-refractivity contribution is 7.13. The number of hydrogen-bond donors (Lipinski definition) is 0. The molecule has 0 fully saturated rings. The van der Waals surface area contributed by atoms with Gasteiger partial charge in [-0.1, -0.05) is 0 Å². The van der Waals surface area contributed by atoms with Crippen molar-refractivity contribution < 1.29 is 18.1 Å². The second-order valence-corrected chi connectivity index (χ2v) is 4.08. The van der Waals surface area contributed by atoms with Crippen LogP contribution in [-0.4, -0.2) is 14.9 Å². The number of alkyl halides is 3. The Hall–Kier alpha value is -2.03. The van der Waals surface area contributed by atoms with Gasteiger partial charge in [-0.3, -0.25) is 10.1 Å². The van der Waals surface area contributed by atoms with E-state index >= 15 is 0 Å². The van der Waals surface area contributed by atoms with Gasteiger partial charge in [0.1, 0.15) is 16.9 Å². The highest BCUT2D eigenvalue weighted by atomic mass is 32.1. The van der Waals surface area contributed by atoms with Crippen molar-refractivity contribution in [3.63, 3.8) is 0 Å². The van der Waals surface area contributed by atoms with Crippen molar-refractivity contribution in [3.8, 4) is 10.7 Å². The first-order chi connectivity index (χ1) is 8.39. The van der Waals surface area contributed by atoms with Gasteiger partial charge in [0.25, 0.3) is 5.69 Å². The predicted molar refractivity (Wildman–Crippen MR) is 57.0 cm³/mol. The Morgan fingerprint density at radius 2 is 2.06 bits per heavy atom. The lowest BCUT2D eigenvalue weighted by Crippen LogP contribution is -2.09. The maximum atomic E-state index is 12.8. The van der Waals surface area contributed by atoms with Gasteiger partial charge >= 0.3 is 6.18 Å². The van der Waals surface area contributed by atoms with Crippen LogP contribution in [-0.2, 0) is 6.18 Å². The van der Waals surface area contributed by atoms with E-state index in [-0.39, 0.29) is 5.01 Å². The molecule has 0 aliphatic carbocycles. The minimum Gasteiger partial charge on any atom is -0.258 e. The maximum absolute atomic E-state index is 12.8. The van der Waals surface area contributed by atoms with Gasteiger partial charge in [-0.25, -0.2) is 9.97 Å². The van der Waals surface area contributed by atoms with Gasteiger partial charge in [-0.05, 0) is 0 Å². The number of nitrogens with zero attached hydrogens (tertiary/aromatic N) is 3. The third-order valence-corrected chi connectivity index (χ3v) is 2.80. The molecule has 0 aliphatic rings. The second kappa shape index (κ2) is 4.33. The Bertz CT molecular complexity index is 583. The summed E-state index contributed by atoms with van der Waals surface area (Å²) in [6.45, 7) is 0. The van der Waals surface area contributed by atoms with Crippen LogP contribution in [0.4, 0.5) is 18.9 Å². The first-order valence-corrected chi connectivity index (χ1v) is 5.39. The summed E-state index contributed by atoms with van der Waals surface area (Å²) >= 11 is 0.977. The topological polar surface area (TPSA) is 68.9 Å². The van der Waals surface area contributed by atoms with Crippen LogP contribution < -0.4 is 0 Å². The van der Waals surface area contributed by atoms with Crippen LogP contribution in [0.15, 0.2) is 23.8 Å². The van der Waals surface area contributed by atoms with Gasteiger partial charge < -0.3 is 0 Å². The Kier molecular flexibility index (Phi) is 2.99. The third kappa shape index (κ3) is 2.30. The fourth-order valence-corrected chi connectivity index (χ4v) is 1.93. The molecule has 0 aliphatic heterocycles. The van der Waals surface area contributed by atoms with E-state index in [2.05, 4.69) is 9.97 Å². The van der Waals surface area contributed by atoms with E-state index in [1.54, 1.807) is 0 Å². The molecule has 94 valence electrons. The van der Waals surface area contributed by atoms with Crippen molar-refractivity contribution in [3.05, 3.63) is 39.5 Å². The van der Waals surface area contributed by atoms with E-state index in [0.717, 1.165) is 17.5 Å². The molecule has 2 aromatic rings. The molecule has 2 rings (SSSR count). The molecule has 0 spiro atoms. The minimum absolute atomic E-state index is 0.0669. The van der Waals surface area contributed by atoms with Gasteiger partial charge in [0, 0.05) is 17.6 Å². The van der Waals surface area contributed by atoms with Gasteiger partial charge in [-0.2, -0.15) is 13.2 Å². The van der Waals surface area contributed by atoms with Crippen LogP contribution in [0.5, 0.6) is 0 Å². The molecule has 2 aromatic heterocycles. The molecule has 0 unspecified atom stereocenters. The van der Waals surface area contributed by atoms with E-state index in [1.165, 1.54) is 11.6 Å². The van der Waals surface area contributed by atoms with Crippen molar-refractivity contribution in [2.24, 2.45) is 0 Å². The molecular formula is C9H4F3N3O2S. The monoisotopic (exact) mass is 275 g/mol. The molecule has 0 saturated carbocycles. The minimum atomic E-state index is -4.72. The van der Waals surface area contributed by atoms with Crippen molar-refractivity contribution in [2.45, 2.75) is 6.18 Å². The fraction of sp³-hybridized carbons (Fsp3) is 0.111. The van der Waals surface area contributed by atoms with Crippen molar-refractivity contribution in [1.82, 2.24) is 9.97 Å². The molecule has 0 saturated heterocycles.